The molecule has 0 bridgehead atoms. The number of benzene rings is 1. The van der Waals surface area contributed by atoms with Gasteiger partial charge in [0.15, 0.2) is 0 Å². The van der Waals surface area contributed by atoms with E-state index in [1.54, 1.807) is 11.2 Å². The second-order valence-electron chi connectivity index (χ2n) is 13.8. The maximum absolute atomic E-state index is 14.4. The molecule has 52 heavy (non-hydrogen) atoms. The molecule has 15 nitrogen and oxygen atoms in total. The zero-order valence-electron chi connectivity index (χ0n) is 28.3. The third-order valence-electron chi connectivity index (χ3n) is 10.1. The molecule has 0 radical (unpaired) electrons. The maximum atomic E-state index is 14.4. The predicted octanol–water partition coefficient (Wildman–Crippen LogP) is 3.96. The minimum absolute atomic E-state index is 0.00585. The first-order valence-corrected chi connectivity index (χ1v) is 20.1. The van der Waals surface area contributed by atoms with Crippen molar-refractivity contribution in [2.24, 2.45) is 5.92 Å². The molecule has 2 aromatic heterocycles. The smallest absolute Gasteiger partial charge is 0.429 e. The van der Waals surface area contributed by atoms with Crippen molar-refractivity contribution >= 4 is 53.9 Å². The summed E-state index contributed by atoms with van der Waals surface area (Å²) in [5.41, 5.74) is 0.150. The highest BCUT2D eigenvalue weighted by atomic mass is 32.1. The number of nitrogens with zero attached hydrogens (tertiary/aromatic N) is 3. The van der Waals surface area contributed by atoms with Crippen LogP contribution in [0.4, 0.5) is 4.79 Å². The summed E-state index contributed by atoms with van der Waals surface area (Å²) in [4.78, 5) is 85.8. The Morgan fingerprint density at radius 1 is 1.00 bits per heavy atom. The molecule has 2 aliphatic carbocycles. The molecule has 4 amide bonds. The van der Waals surface area contributed by atoms with E-state index >= 15 is 0 Å². The van der Waals surface area contributed by atoms with Gasteiger partial charge in [0.25, 0.3) is 5.91 Å². The van der Waals surface area contributed by atoms with Crippen molar-refractivity contribution in [1.29, 1.82) is 0 Å². The first-order valence-electron chi connectivity index (χ1n) is 17.6. The van der Waals surface area contributed by atoms with Gasteiger partial charge in [-0.05, 0) is 68.5 Å². The van der Waals surface area contributed by atoms with Crippen LogP contribution in [0.2, 0.25) is 0 Å². The number of carbonyl (C=O) groups excluding carboxylic acids is 4. The molecular weight excluding hydrogens is 711 g/mol. The molecule has 3 fully saturated rings. The standard InChI is InChI=1S/C35H41N6O9PS/c42-30-27-18-23(49-31-29(28-16-9-17-52-28)36-24-13-6-7-14-25(24)37-31)20-41(27)32(43)26(38-34(45)50-22-11-8-12-22)15-5-3-1-2-4-10-21-19-35(21,39-30)33(44)40-51(46,47)48/h4,6-7,9-10,13-14,16-17,21-23,26-27H,1-3,5,8,11-12,15,18-20H2,(H,38,45)(H,39,42)(H3,40,44,46,47,48)/b10-4-/t21?,23-,26+,27+,35-/m1/s1. The SMILES string of the molecule is O=C(N[C@H]1CCCCC/C=C\C2C[C@@]2(C(=O)NP(=O)(O)O)NC(=O)[C@@H]2C[C@@H](Oc3nc4ccccc4nc3-c3cccs3)CN2C1=O)OC1CCC1. The Hall–Kier alpha value is -4.37. The molecular formula is C35H41N6O9PS. The third kappa shape index (κ3) is 7.99. The van der Waals surface area contributed by atoms with E-state index in [-0.39, 0.29) is 31.4 Å². The molecule has 5 N–H and O–H groups in total. The van der Waals surface area contributed by atoms with Crippen molar-refractivity contribution in [2.75, 3.05) is 6.54 Å². The highest BCUT2D eigenvalue weighted by Gasteiger charge is 2.62. The summed E-state index contributed by atoms with van der Waals surface area (Å²) in [6, 6.07) is 8.99. The van der Waals surface area contributed by atoms with E-state index in [1.165, 1.54) is 16.2 Å². The van der Waals surface area contributed by atoms with Gasteiger partial charge in [-0.15, -0.1) is 11.3 Å². The Bertz CT molecular complexity index is 1920. The molecule has 4 heterocycles. The molecule has 17 heteroatoms. The molecule has 7 rings (SSSR count). The van der Waals surface area contributed by atoms with Crippen LogP contribution < -0.4 is 20.5 Å². The molecule has 2 aliphatic heterocycles. The first-order chi connectivity index (χ1) is 25.0. The lowest BCUT2D eigenvalue weighted by molar-refractivity contribution is -0.141. The predicted molar refractivity (Wildman–Crippen MR) is 190 cm³/mol. The number of aromatic nitrogens is 2. The van der Waals surface area contributed by atoms with Crippen LogP contribution in [0.15, 0.2) is 53.9 Å². The van der Waals surface area contributed by atoms with Crippen molar-refractivity contribution in [3.63, 3.8) is 0 Å². The second kappa shape index (κ2) is 14.9. The minimum atomic E-state index is -4.98. The van der Waals surface area contributed by atoms with E-state index in [0.29, 0.717) is 36.0 Å². The summed E-state index contributed by atoms with van der Waals surface area (Å²) in [5.74, 6) is -2.49. The number of para-hydroxylation sites is 2. The summed E-state index contributed by atoms with van der Waals surface area (Å²) in [5, 5.41) is 9.16. The largest absolute Gasteiger partial charge is 0.471 e. The number of carbonyl (C=O) groups is 4. The van der Waals surface area contributed by atoms with Crippen LogP contribution in [-0.4, -0.2) is 84.8 Å². The first kappa shape index (κ1) is 36.0. The number of amides is 4. The number of fused-ring (bicyclic) bond motifs is 3. The second-order valence-corrected chi connectivity index (χ2v) is 16.1. The van der Waals surface area contributed by atoms with E-state index in [0.717, 1.165) is 37.0 Å². The monoisotopic (exact) mass is 752 g/mol. The van der Waals surface area contributed by atoms with Gasteiger partial charge in [0.1, 0.15) is 35.5 Å². The zero-order chi connectivity index (χ0) is 36.5. The maximum Gasteiger partial charge on any atom is 0.429 e. The van der Waals surface area contributed by atoms with Gasteiger partial charge < -0.3 is 34.8 Å². The number of hydrogen-bond acceptors (Lipinski definition) is 10. The summed E-state index contributed by atoms with van der Waals surface area (Å²) in [6.45, 7) is -0.0455. The fourth-order valence-corrected chi connectivity index (χ4v) is 8.18. The van der Waals surface area contributed by atoms with Crippen LogP contribution in [0.25, 0.3) is 21.6 Å². The lowest BCUT2D eigenvalue weighted by atomic mass is 9.96. The number of hydrogen-bond donors (Lipinski definition) is 5. The highest BCUT2D eigenvalue weighted by molar-refractivity contribution is 7.50. The molecule has 4 aliphatic rings. The average molecular weight is 753 g/mol. The van der Waals surface area contributed by atoms with Crippen LogP contribution >= 0.6 is 19.1 Å². The summed E-state index contributed by atoms with van der Waals surface area (Å²) < 4.78 is 23.8. The Labute approximate surface area is 303 Å². The average Bonchev–Trinajstić information content (AvgIpc) is 3.39. The highest BCUT2D eigenvalue weighted by Crippen LogP contribution is 2.47. The van der Waals surface area contributed by atoms with Crippen molar-refractivity contribution in [1.82, 2.24) is 30.6 Å². The normalized spacial score (nSPS) is 27.5. The Balaban J connectivity index is 1.20. The minimum Gasteiger partial charge on any atom is -0.471 e. The Morgan fingerprint density at radius 3 is 2.50 bits per heavy atom. The summed E-state index contributed by atoms with van der Waals surface area (Å²) in [7, 11) is -4.98. The number of thiophene rings is 1. The molecule has 1 saturated heterocycles. The molecule has 2 saturated carbocycles. The van der Waals surface area contributed by atoms with Gasteiger partial charge in [0.2, 0.25) is 17.7 Å². The van der Waals surface area contributed by atoms with Crippen LogP contribution in [0, 0.1) is 5.92 Å². The van der Waals surface area contributed by atoms with Crippen molar-refractivity contribution < 1.29 is 43.0 Å². The van der Waals surface area contributed by atoms with E-state index in [4.69, 9.17) is 19.4 Å². The number of allylic oxidation sites excluding steroid dienone is 1. The molecule has 1 unspecified atom stereocenters. The van der Waals surface area contributed by atoms with Gasteiger partial charge in [0.05, 0.1) is 22.5 Å². The van der Waals surface area contributed by atoms with Gasteiger partial charge in [-0.3, -0.25) is 19.5 Å². The lowest BCUT2D eigenvalue weighted by Gasteiger charge is -2.31. The van der Waals surface area contributed by atoms with E-state index in [1.807, 2.05) is 47.9 Å². The Morgan fingerprint density at radius 2 is 1.79 bits per heavy atom. The topological polar surface area (TPSA) is 209 Å². The number of ether oxygens (including phenoxy) is 2. The quantitative estimate of drug-likeness (QED) is 0.172. The fraction of sp³-hybridized carbons (Fsp3) is 0.486. The van der Waals surface area contributed by atoms with E-state index in [2.05, 4.69) is 10.6 Å². The lowest BCUT2D eigenvalue weighted by Crippen LogP contribution is -2.57. The number of nitrogens with one attached hydrogen (secondary N) is 3. The van der Waals surface area contributed by atoms with Crippen LogP contribution in [0.3, 0.4) is 0 Å². The van der Waals surface area contributed by atoms with Crippen molar-refractivity contribution in [3.8, 4) is 16.5 Å². The molecule has 276 valence electrons. The zero-order valence-corrected chi connectivity index (χ0v) is 30.0. The molecule has 0 spiro atoms. The van der Waals surface area contributed by atoms with Crippen LogP contribution in [-0.2, 0) is 23.7 Å². The van der Waals surface area contributed by atoms with E-state index in [9.17, 15) is 33.5 Å². The van der Waals surface area contributed by atoms with Gasteiger partial charge in [-0.2, -0.15) is 0 Å². The number of alkyl carbamates (subject to hydrolysis) is 1. The molecule has 1 aromatic carbocycles. The van der Waals surface area contributed by atoms with Crippen molar-refractivity contribution in [3.05, 3.63) is 53.9 Å². The van der Waals surface area contributed by atoms with Gasteiger partial charge >= 0.3 is 13.8 Å². The van der Waals surface area contributed by atoms with Crippen LogP contribution in [0.1, 0.15) is 64.2 Å². The van der Waals surface area contributed by atoms with Crippen molar-refractivity contribution in [2.45, 2.75) is 94.0 Å². The van der Waals surface area contributed by atoms with E-state index < -0.39 is 61.2 Å². The van der Waals surface area contributed by atoms with Gasteiger partial charge in [-0.25, -0.2) is 19.3 Å². The molecule has 3 aromatic rings. The summed E-state index contributed by atoms with van der Waals surface area (Å²) >= 11 is 1.46. The fourth-order valence-electron chi connectivity index (χ4n) is 7.01. The van der Waals surface area contributed by atoms with Crippen LogP contribution in [0.5, 0.6) is 5.88 Å². The number of rotatable bonds is 7. The molecule has 5 atom stereocenters. The summed E-state index contributed by atoms with van der Waals surface area (Å²) in [6.07, 6.45) is 7.76. The Kier molecular flexibility index (Phi) is 10.3. The third-order valence-corrected chi connectivity index (χ3v) is 11.5. The van der Waals surface area contributed by atoms with Gasteiger partial charge in [-0.1, -0.05) is 43.2 Å². The van der Waals surface area contributed by atoms with Gasteiger partial charge in [0, 0.05) is 12.3 Å².